The Morgan fingerprint density at radius 1 is 0.905 bits per heavy atom. The molecule has 0 radical (unpaired) electrons. The minimum Gasteiger partial charge on any atom is -0.478 e. The summed E-state index contributed by atoms with van der Waals surface area (Å²) in [7, 11) is 0. The van der Waals surface area contributed by atoms with Gasteiger partial charge in [-0.3, -0.25) is 4.79 Å². The van der Waals surface area contributed by atoms with Gasteiger partial charge in [-0.2, -0.15) is 0 Å². The van der Waals surface area contributed by atoms with Crippen molar-refractivity contribution in [3.8, 4) is 0 Å². The predicted octanol–water partition coefficient (Wildman–Crippen LogP) is 2.75. The maximum atomic E-state index is 11.9. The lowest BCUT2D eigenvalue weighted by Gasteiger charge is -2.06. The van der Waals surface area contributed by atoms with Crippen molar-refractivity contribution in [2.75, 3.05) is 6.54 Å². The van der Waals surface area contributed by atoms with Crippen molar-refractivity contribution in [1.82, 2.24) is 5.32 Å². The Morgan fingerprint density at radius 2 is 1.52 bits per heavy atom. The van der Waals surface area contributed by atoms with Gasteiger partial charge >= 0.3 is 5.97 Å². The van der Waals surface area contributed by atoms with Gasteiger partial charge in [0.25, 0.3) is 5.91 Å². The van der Waals surface area contributed by atoms with Crippen LogP contribution in [0.3, 0.4) is 0 Å². The maximum absolute atomic E-state index is 11.9. The molecule has 0 fully saturated rings. The van der Waals surface area contributed by atoms with Crippen LogP contribution >= 0.6 is 0 Å². The van der Waals surface area contributed by atoms with E-state index in [4.69, 9.17) is 5.11 Å². The first-order valence-corrected chi connectivity index (χ1v) is 6.82. The highest BCUT2D eigenvalue weighted by Gasteiger charge is 2.07. The van der Waals surface area contributed by atoms with E-state index in [9.17, 15) is 9.59 Å². The molecule has 2 N–H and O–H groups in total. The molecule has 4 heteroatoms. The first-order valence-electron chi connectivity index (χ1n) is 6.82. The molecule has 108 valence electrons. The van der Waals surface area contributed by atoms with Crippen LogP contribution in [0.15, 0.2) is 54.6 Å². The number of aryl methyl sites for hydroxylation is 1. The normalized spacial score (nSPS) is 10.1. The van der Waals surface area contributed by atoms with Crippen molar-refractivity contribution < 1.29 is 14.7 Å². The molecule has 0 heterocycles. The van der Waals surface area contributed by atoms with E-state index < -0.39 is 5.97 Å². The summed E-state index contributed by atoms with van der Waals surface area (Å²) in [4.78, 5) is 22.6. The number of benzene rings is 2. The number of aromatic carboxylic acids is 1. The first-order chi connectivity index (χ1) is 10.2. The summed E-state index contributed by atoms with van der Waals surface area (Å²) in [5, 5.41) is 11.6. The Balaban J connectivity index is 1.78. The lowest BCUT2D eigenvalue weighted by molar-refractivity contribution is 0.0696. The zero-order valence-electron chi connectivity index (χ0n) is 11.6. The van der Waals surface area contributed by atoms with E-state index in [0.717, 1.165) is 12.8 Å². The Labute approximate surface area is 123 Å². The second kappa shape index (κ2) is 7.24. The highest BCUT2D eigenvalue weighted by atomic mass is 16.4. The SMILES string of the molecule is O=C(O)c1ccc(C(=O)NCCCc2ccccc2)cc1. The smallest absolute Gasteiger partial charge is 0.335 e. The Hall–Kier alpha value is -2.62. The largest absolute Gasteiger partial charge is 0.478 e. The third kappa shape index (κ3) is 4.45. The molecule has 0 aromatic heterocycles. The summed E-state index contributed by atoms with van der Waals surface area (Å²) in [5.74, 6) is -1.18. The van der Waals surface area contributed by atoms with E-state index >= 15 is 0 Å². The highest BCUT2D eigenvalue weighted by molar-refractivity contribution is 5.95. The van der Waals surface area contributed by atoms with E-state index in [1.807, 2.05) is 18.2 Å². The van der Waals surface area contributed by atoms with Gasteiger partial charge in [0, 0.05) is 12.1 Å². The summed E-state index contributed by atoms with van der Waals surface area (Å²) in [6, 6.07) is 16.0. The van der Waals surface area contributed by atoms with Crippen LogP contribution in [0.2, 0.25) is 0 Å². The third-order valence-electron chi connectivity index (χ3n) is 3.16. The molecule has 0 saturated carbocycles. The van der Waals surface area contributed by atoms with Crippen molar-refractivity contribution in [2.45, 2.75) is 12.8 Å². The van der Waals surface area contributed by atoms with Crippen LogP contribution in [0.4, 0.5) is 0 Å². The molecule has 0 unspecified atom stereocenters. The third-order valence-corrected chi connectivity index (χ3v) is 3.16. The van der Waals surface area contributed by atoms with Gasteiger partial charge in [0.05, 0.1) is 5.56 Å². The molecule has 0 aliphatic carbocycles. The molecule has 0 spiro atoms. The van der Waals surface area contributed by atoms with Gasteiger partial charge in [0.15, 0.2) is 0 Å². The van der Waals surface area contributed by atoms with Crippen molar-refractivity contribution in [3.05, 3.63) is 71.3 Å². The summed E-state index contributed by atoms with van der Waals surface area (Å²) >= 11 is 0. The molecule has 1 amide bonds. The fourth-order valence-electron chi connectivity index (χ4n) is 2.01. The van der Waals surface area contributed by atoms with E-state index in [1.165, 1.54) is 29.8 Å². The first kappa shape index (κ1) is 14.8. The van der Waals surface area contributed by atoms with Gasteiger partial charge in [-0.05, 0) is 42.7 Å². The van der Waals surface area contributed by atoms with Crippen molar-refractivity contribution in [2.24, 2.45) is 0 Å². The molecule has 2 rings (SSSR count). The molecular formula is C17H17NO3. The minimum atomic E-state index is -0.996. The summed E-state index contributed by atoms with van der Waals surface area (Å²) in [6.45, 7) is 0.592. The lowest BCUT2D eigenvalue weighted by Crippen LogP contribution is -2.24. The van der Waals surface area contributed by atoms with Crippen molar-refractivity contribution in [3.63, 3.8) is 0 Å². The van der Waals surface area contributed by atoms with Crippen molar-refractivity contribution >= 4 is 11.9 Å². The lowest BCUT2D eigenvalue weighted by atomic mass is 10.1. The van der Waals surface area contributed by atoms with Gasteiger partial charge < -0.3 is 10.4 Å². The van der Waals surface area contributed by atoms with Crippen LogP contribution in [0.1, 0.15) is 32.7 Å². The predicted molar refractivity (Wildman–Crippen MR) is 80.5 cm³/mol. The van der Waals surface area contributed by atoms with Crippen molar-refractivity contribution in [1.29, 1.82) is 0 Å². The molecular weight excluding hydrogens is 266 g/mol. The molecule has 0 aliphatic heterocycles. The molecule has 2 aromatic rings. The summed E-state index contributed by atoms with van der Waals surface area (Å²) in [5.41, 5.74) is 1.90. The molecule has 0 saturated heterocycles. The molecule has 0 atom stereocenters. The van der Waals surface area contributed by atoms with E-state index in [1.54, 1.807) is 0 Å². The number of hydrogen-bond acceptors (Lipinski definition) is 2. The number of carboxylic acids is 1. The fraction of sp³-hybridized carbons (Fsp3) is 0.176. The van der Waals surface area contributed by atoms with Crippen LogP contribution in [0.5, 0.6) is 0 Å². The van der Waals surface area contributed by atoms with Gasteiger partial charge in [-0.1, -0.05) is 30.3 Å². The number of carbonyl (C=O) groups is 2. The number of carboxylic acid groups (broad SMARTS) is 1. The van der Waals surface area contributed by atoms with E-state index in [-0.39, 0.29) is 11.5 Å². The van der Waals surface area contributed by atoms with Gasteiger partial charge in [0.2, 0.25) is 0 Å². The summed E-state index contributed by atoms with van der Waals surface area (Å²) < 4.78 is 0. The quantitative estimate of drug-likeness (QED) is 0.801. The molecule has 21 heavy (non-hydrogen) atoms. The maximum Gasteiger partial charge on any atom is 0.335 e. The van der Waals surface area contributed by atoms with E-state index in [2.05, 4.69) is 17.4 Å². The van der Waals surface area contributed by atoms with Gasteiger partial charge in [0.1, 0.15) is 0 Å². The topological polar surface area (TPSA) is 66.4 Å². The fourth-order valence-corrected chi connectivity index (χ4v) is 2.01. The molecule has 4 nitrogen and oxygen atoms in total. The van der Waals surface area contributed by atoms with Crippen LogP contribution < -0.4 is 5.32 Å². The average Bonchev–Trinajstić information content (AvgIpc) is 2.52. The zero-order valence-corrected chi connectivity index (χ0v) is 11.6. The van der Waals surface area contributed by atoms with Crippen LogP contribution in [0, 0.1) is 0 Å². The molecule has 0 aliphatic rings. The molecule has 2 aromatic carbocycles. The second-order valence-electron chi connectivity index (χ2n) is 4.73. The number of carbonyl (C=O) groups excluding carboxylic acids is 1. The number of rotatable bonds is 6. The van der Waals surface area contributed by atoms with Crippen LogP contribution in [-0.2, 0) is 6.42 Å². The van der Waals surface area contributed by atoms with Crippen LogP contribution in [-0.4, -0.2) is 23.5 Å². The number of amides is 1. The Kier molecular flexibility index (Phi) is 5.10. The Bertz CT molecular complexity index is 606. The van der Waals surface area contributed by atoms with Crippen LogP contribution in [0.25, 0.3) is 0 Å². The van der Waals surface area contributed by atoms with Gasteiger partial charge in [-0.25, -0.2) is 4.79 Å². The minimum absolute atomic E-state index is 0.177. The Morgan fingerprint density at radius 3 is 2.14 bits per heavy atom. The summed E-state index contributed by atoms with van der Waals surface area (Å²) in [6.07, 6.45) is 1.78. The number of nitrogens with one attached hydrogen (secondary N) is 1. The van der Waals surface area contributed by atoms with E-state index in [0.29, 0.717) is 12.1 Å². The monoisotopic (exact) mass is 283 g/mol. The van der Waals surface area contributed by atoms with Gasteiger partial charge in [-0.15, -0.1) is 0 Å². The zero-order chi connectivity index (χ0) is 15.1. The highest BCUT2D eigenvalue weighted by Crippen LogP contribution is 2.05. The standard InChI is InChI=1S/C17H17NO3/c19-16(14-8-10-15(11-9-14)17(20)21)18-12-4-7-13-5-2-1-3-6-13/h1-3,5-6,8-11H,4,7,12H2,(H,18,19)(H,20,21). The average molecular weight is 283 g/mol. The molecule has 0 bridgehead atoms. The second-order valence-corrected chi connectivity index (χ2v) is 4.73. The number of hydrogen-bond donors (Lipinski definition) is 2.